The molecule has 0 aromatic rings. The summed E-state index contributed by atoms with van der Waals surface area (Å²) in [5.74, 6) is 0.793. The molecule has 1 nitrogen and oxygen atoms in total. The minimum absolute atomic E-state index is 0.131. The lowest BCUT2D eigenvalue weighted by molar-refractivity contribution is 0.171. The Bertz CT molecular complexity index is 213. The van der Waals surface area contributed by atoms with Crippen molar-refractivity contribution in [3.63, 3.8) is 0 Å². The first-order chi connectivity index (χ1) is 6.44. The molecule has 0 saturated carbocycles. The summed E-state index contributed by atoms with van der Waals surface area (Å²) < 4.78 is 0. The molecule has 0 radical (unpaired) electrons. The van der Waals surface area contributed by atoms with E-state index in [-0.39, 0.29) is 6.10 Å². The molecular formula is C13H24O. The summed E-state index contributed by atoms with van der Waals surface area (Å²) >= 11 is 0. The Morgan fingerprint density at radius 3 is 2.64 bits per heavy atom. The summed E-state index contributed by atoms with van der Waals surface area (Å²) in [6, 6.07) is 0. The molecule has 82 valence electrons. The van der Waals surface area contributed by atoms with Gasteiger partial charge in [-0.05, 0) is 44.4 Å². The highest BCUT2D eigenvalue weighted by molar-refractivity contribution is 5.17. The third-order valence-electron chi connectivity index (χ3n) is 3.92. The molecule has 0 spiro atoms. The molecule has 14 heavy (non-hydrogen) atoms. The van der Waals surface area contributed by atoms with E-state index >= 15 is 0 Å². The van der Waals surface area contributed by atoms with Crippen LogP contribution in [0.2, 0.25) is 0 Å². The van der Waals surface area contributed by atoms with Gasteiger partial charge in [-0.1, -0.05) is 31.9 Å². The van der Waals surface area contributed by atoms with Gasteiger partial charge in [-0.2, -0.15) is 0 Å². The fraction of sp³-hybridized carbons (Fsp3) is 0.846. The van der Waals surface area contributed by atoms with Gasteiger partial charge in [-0.3, -0.25) is 0 Å². The van der Waals surface area contributed by atoms with Gasteiger partial charge in [-0.25, -0.2) is 0 Å². The highest BCUT2D eigenvalue weighted by Gasteiger charge is 2.33. The van der Waals surface area contributed by atoms with E-state index < -0.39 is 0 Å². The zero-order valence-electron chi connectivity index (χ0n) is 10.0. The highest BCUT2D eigenvalue weighted by Crippen LogP contribution is 2.45. The zero-order valence-corrected chi connectivity index (χ0v) is 10.0. The van der Waals surface area contributed by atoms with Gasteiger partial charge >= 0.3 is 0 Å². The van der Waals surface area contributed by atoms with Gasteiger partial charge in [0.25, 0.3) is 0 Å². The van der Waals surface area contributed by atoms with Crippen molar-refractivity contribution in [2.24, 2.45) is 11.3 Å². The number of hydrogen-bond acceptors (Lipinski definition) is 1. The van der Waals surface area contributed by atoms with Gasteiger partial charge in [0.2, 0.25) is 0 Å². The van der Waals surface area contributed by atoms with E-state index in [1.54, 1.807) is 5.57 Å². The molecular weight excluding hydrogens is 172 g/mol. The lowest BCUT2D eigenvalue weighted by atomic mass is 9.75. The van der Waals surface area contributed by atoms with Gasteiger partial charge < -0.3 is 5.11 Å². The van der Waals surface area contributed by atoms with Gasteiger partial charge in [-0.15, -0.1) is 0 Å². The Kier molecular flexibility index (Phi) is 3.77. The normalized spacial score (nSPS) is 27.5. The average Bonchev–Trinajstić information content (AvgIpc) is 2.30. The molecule has 2 unspecified atom stereocenters. The van der Waals surface area contributed by atoms with Crippen LogP contribution in [-0.4, -0.2) is 11.2 Å². The van der Waals surface area contributed by atoms with Crippen molar-refractivity contribution in [1.29, 1.82) is 0 Å². The van der Waals surface area contributed by atoms with Crippen molar-refractivity contribution >= 4 is 0 Å². The highest BCUT2D eigenvalue weighted by atomic mass is 16.3. The fourth-order valence-corrected chi connectivity index (χ4v) is 2.34. The smallest absolute Gasteiger partial charge is 0.0512 e. The van der Waals surface area contributed by atoms with Crippen molar-refractivity contribution in [2.45, 2.75) is 59.5 Å². The fourth-order valence-electron chi connectivity index (χ4n) is 2.34. The molecule has 0 aromatic heterocycles. The first kappa shape index (κ1) is 11.8. The van der Waals surface area contributed by atoms with E-state index in [1.807, 2.05) is 6.92 Å². The van der Waals surface area contributed by atoms with E-state index in [2.05, 4.69) is 26.8 Å². The van der Waals surface area contributed by atoms with Gasteiger partial charge in [0.15, 0.2) is 0 Å². The summed E-state index contributed by atoms with van der Waals surface area (Å²) in [6.07, 6.45) is 6.85. The van der Waals surface area contributed by atoms with Gasteiger partial charge in [0.1, 0.15) is 0 Å². The molecule has 0 bridgehead atoms. The zero-order chi connectivity index (χ0) is 10.8. The molecule has 2 atom stereocenters. The third kappa shape index (κ3) is 2.60. The van der Waals surface area contributed by atoms with Gasteiger partial charge in [0, 0.05) is 0 Å². The first-order valence-electron chi connectivity index (χ1n) is 5.80. The number of rotatable bonds is 4. The quantitative estimate of drug-likeness (QED) is 0.682. The maximum atomic E-state index is 9.20. The Morgan fingerprint density at radius 1 is 1.57 bits per heavy atom. The SMILES string of the molecule is CC1=CCC(CCCC(C)O)C1(C)C. The molecule has 0 aliphatic heterocycles. The molecule has 0 amide bonds. The monoisotopic (exact) mass is 196 g/mol. The predicted molar refractivity (Wildman–Crippen MR) is 61.2 cm³/mol. The second-order valence-corrected chi connectivity index (χ2v) is 5.32. The van der Waals surface area contributed by atoms with Crippen LogP contribution in [0.15, 0.2) is 11.6 Å². The van der Waals surface area contributed by atoms with Crippen molar-refractivity contribution in [3.8, 4) is 0 Å². The summed E-state index contributed by atoms with van der Waals surface area (Å²) in [7, 11) is 0. The maximum Gasteiger partial charge on any atom is 0.0512 e. The first-order valence-corrected chi connectivity index (χ1v) is 5.80. The lowest BCUT2D eigenvalue weighted by Crippen LogP contribution is -2.20. The second-order valence-electron chi connectivity index (χ2n) is 5.32. The van der Waals surface area contributed by atoms with Crippen LogP contribution in [0, 0.1) is 11.3 Å². The number of allylic oxidation sites excluding steroid dienone is 2. The van der Waals surface area contributed by atoms with E-state index in [0.717, 1.165) is 18.8 Å². The van der Waals surface area contributed by atoms with E-state index in [9.17, 15) is 5.11 Å². The van der Waals surface area contributed by atoms with Crippen LogP contribution in [0.5, 0.6) is 0 Å². The number of aliphatic hydroxyl groups is 1. The van der Waals surface area contributed by atoms with E-state index in [4.69, 9.17) is 0 Å². The van der Waals surface area contributed by atoms with Crippen LogP contribution in [-0.2, 0) is 0 Å². The van der Waals surface area contributed by atoms with Crippen molar-refractivity contribution in [1.82, 2.24) is 0 Å². The molecule has 0 heterocycles. The molecule has 1 aliphatic rings. The van der Waals surface area contributed by atoms with E-state index in [1.165, 1.54) is 12.8 Å². The minimum atomic E-state index is -0.131. The molecule has 1 N–H and O–H groups in total. The number of hydrogen-bond donors (Lipinski definition) is 1. The molecule has 0 aromatic carbocycles. The number of aliphatic hydroxyl groups excluding tert-OH is 1. The van der Waals surface area contributed by atoms with E-state index in [0.29, 0.717) is 5.41 Å². The molecule has 0 saturated heterocycles. The van der Waals surface area contributed by atoms with Crippen LogP contribution in [0.3, 0.4) is 0 Å². The average molecular weight is 196 g/mol. The minimum Gasteiger partial charge on any atom is -0.393 e. The molecule has 1 aliphatic carbocycles. The molecule has 1 rings (SSSR count). The summed E-state index contributed by atoms with van der Waals surface area (Å²) in [5.41, 5.74) is 1.93. The van der Waals surface area contributed by atoms with Crippen molar-refractivity contribution in [3.05, 3.63) is 11.6 Å². The van der Waals surface area contributed by atoms with Crippen LogP contribution < -0.4 is 0 Å². The third-order valence-corrected chi connectivity index (χ3v) is 3.92. The summed E-state index contributed by atoms with van der Waals surface area (Å²) in [6.45, 7) is 8.82. The lowest BCUT2D eigenvalue weighted by Gasteiger charge is -2.29. The Labute approximate surface area is 88.2 Å². The maximum absolute atomic E-state index is 9.20. The van der Waals surface area contributed by atoms with Crippen LogP contribution in [0.4, 0.5) is 0 Å². The Hall–Kier alpha value is -0.300. The van der Waals surface area contributed by atoms with Crippen LogP contribution >= 0.6 is 0 Å². The summed E-state index contributed by atoms with van der Waals surface area (Å²) in [4.78, 5) is 0. The molecule has 0 fully saturated rings. The largest absolute Gasteiger partial charge is 0.393 e. The van der Waals surface area contributed by atoms with Crippen molar-refractivity contribution in [2.75, 3.05) is 0 Å². The van der Waals surface area contributed by atoms with Crippen molar-refractivity contribution < 1.29 is 5.11 Å². The van der Waals surface area contributed by atoms with Crippen LogP contribution in [0.25, 0.3) is 0 Å². The Balaban J connectivity index is 2.34. The summed E-state index contributed by atoms with van der Waals surface area (Å²) in [5, 5.41) is 9.20. The van der Waals surface area contributed by atoms with Crippen LogP contribution in [0.1, 0.15) is 53.4 Å². The topological polar surface area (TPSA) is 20.2 Å². The standard InChI is InChI=1S/C13H24O/c1-10-8-9-12(13(10,3)4)7-5-6-11(2)14/h8,11-12,14H,5-7,9H2,1-4H3. The Morgan fingerprint density at radius 2 is 2.21 bits per heavy atom. The van der Waals surface area contributed by atoms with Gasteiger partial charge in [0.05, 0.1) is 6.10 Å². The second kappa shape index (κ2) is 4.48. The molecule has 1 heteroatoms. The predicted octanol–water partition coefficient (Wildman–Crippen LogP) is 3.53.